The normalized spacial score (nSPS) is 10.2. The van der Waals surface area contributed by atoms with Crippen LogP contribution in [-0.2, 0) is 6.54 Å². The van der Waals surface area contributed by atoms with Gasteiger partial charge in [-0.25, -0.2) is 4.98 Å². The minimum atomic E-state index is 0.264. The molecule has 0 aliphatic heterocycles. The second kappa shape index (κ2) is 5.51. The lowest BCUT2D eigenvalue weighted by Crippen LogP contribution is -2.01. The summed E-state index contributed by atoms with van der Waals surface area (Å²) in [5.41, 5.74) is 1.72. The molecule has 17 heavy (non-hydrogen) atoms. The van der Waals surface area contributed by atoms with Gasteiger partial charge in [0.05, 0.1) is 10.2 Å². The van der Waals surface area contributed by atoms with Gasteiger partial charge in [0.15, 0.2) is 0 Å². The van der Waals surface area contributed by atoms with Crippen LogP contribution in [-0.4, -0.2) is 10.1 Å². The standard InChI is InChI=1S/C12H10Br2N2O/c13-9-4-1-3-8(11(9)17)7-16-10-5-2-6-15-12(10)14/h1-6,16-17H,7H2. The van der Waals surface area contributed by atoms with Crippen LogP contribution in [0.25, 0.3) is 0 Å². The zero-order valence-electron chi connectivity index (χ0n) is 8.82. The molecule has 5 heteroatoms. The third kappa shape index (κ3) is 2.98. The van der Waals surface area contributed by atoms with Crippen LogP contribution >= 0.6 is 31.9 Å². The Hall–Kier alpha value is -1.07. The molecule has 1 heterocycles. The summed E-state index contributed by atoms with van der Waals surface area (Å²) >= 11 is 6.64. The first kappa shape index (κ1) is 12.4. The van der Waals surface area contributed by atoms with Gasteiger partial charge in [0, 0.05) is 18.3 Å². The maximum absolute atomic E-state index is 9.83. The Morgan fingerprint density at radius 1 is 1.18 bits per heavy atom. The van der Waals surface area contributed by atoms with Gasteiger partial charge in [-0.05, 0) is 50.1 Å². The lowest BCUT2D eigenvalue weighted by molar-refractivity contribution is 0.465. The number of pyridine rings is 1. The molecule has 1 aromatic carbocycles. The molecular weight excluding hydrogens is 348 g/mol. The van der Waals surface area contributed by atoms with E-state index in [0.717, 1.165) is 15.9 Å². The third-order valence-electron chi connectivity index (χ3n) is 2.30. The number of anilines is 1. The highest BCUT2D eigenvalue weighted by Gasteiger charge is 2.05. The van der Waals surface area contributed by atoms with Gasteiger partial charge in [-0.2, -0.15) is 0 Å². The molecule has 0 aliphatic carbocycles. The molecule has 1 aromatic heterocycles. The summed E-state index contributed by atoms with van der Waals surface area (Å²) in [6.45, 7) is 0.537. The molecule has 0 bridgehead atoms. The van der Waals surface area contributed by atoms with E-state index < -0.39 is 0 Å². The van der Waals surface area contributed by atoms with Crippen molar-refractivity contribution in [3.63, 3.8) is 0 Å². The molecule has 0 saturated heterocycles. The molecule has 3 nitrogen and oxygen atoms in total. The summed E-state index contributed by atoms with van der Waals surface area (Å²) in [7, 11) is 0. The molecule has 0 radical (unpaired) electrons. The average molecular weight is 358 g/mol. The van der Waals surface area contributed by atoms with Crippen LogP contribution in [0.1, 0.15) is 5.56 Å². The van der Waals surface area contributed by atoms with Gasteiger partial charge in [0.1, 0.15) is 10.4 Å². The van der Waals surface area contributed by atoms with E-state index >= 15 is 0 Å². The molecule has 88 valence electrons. The number of benzene rings is 1. The summed E-state index contributed by atoms with van der Waals surface area (Å²) in [6.07, 6.45) is 1.71. The summed E-state index contributed by atoms with van der Waals surface area (Å²) in [4.78, 5) is 4.11. The zero-order chi connectivity index (χ0) is 12.3. The second-order valence-corrected chi connectivity index (χ2v) is 5.05. The van der Waals surface area contributed by atoms with Crippen molar-refractivity contribution in [2.24, 2.45) is 0 Å². The van der Waals surface area contributed by atoms with E-state index in [1.807, 2.05) is 24.3 Å². The molecule has 2 aromatic rings. The summed E-state index contributed by atoms with van der Waals surface area (Å²) < 4.78 is 1.46. The fourth-order valence-electron chi connectivity index (χ4n) is 1.41. The van der Waals surface area contributed by atoms with Gasteiger partial charge < -0.3 is 10.4 Å². The molecule has 2 rings (SSSR count). The van der Waals surface area contributed by atoms with Crippen LogP contribution in [0.5, 0.6) is 5.75 Å². The molecule has 0 unspecified atom stereocenters. The molecular formula is C12H10Br2N2O. The smallest absolute Gasteiger partial charge is 0.134 e. The van der Waals surface area contributed by atoms with Gasteiger partial charge in [-0.15, -0.1) is 0 Å². The van der Waals surface area contributed by atoms with Gasteiger partial charge in [0.2, 0.25) is 0 Å². The Bertz CT molecular complexity index is 532. The Kier molecular flexibility index (Phi) is 4.02. The summed E-state index contributed by atoms with van der Waals surface area (Å²) in [5, 5.41) is 13.0. The second-order valence-electron chi connectivity index (χ2n) is 3.44. The number of halogens is 2. The van der Waals surface area contributed by atoms with Crippen LogP contribution in [0.15, 0.2) is 45.6 Å². The summed E-state index contributed by atoms with van der Waals surface area (Å²) in [6, 6.07) is 9.34. The number of aromatic hydroxyl groups is 1. The fraction of sp³-hybridized carbons (Fsp3) is 0.0833. The Labute approximate surface area is 116 Å². The van der Waals surface area contributed by atoms with E-state index in [9.17, 15) is 5.11 Å². The van der Waals surface area contributed by atoms with Gasteiger partial charge in [0.25, 0.3) is 0 Å². The number of rotatable bonds is 3. The van der Waals surface area contributed by atoms with Gasteiger partial charge >= 0.3 is 0 Å². The van der Waals surface area contributed by atoms with E-state index in [1.54, 1.807) is 12.3 Å². The van der Waals surface area contributed by atoms with Crippen LogP contribution in [0, 0.1) is 0 Å². The molecule has 0 spiro atoms. The largest absolute Gasteiger partial charge is 0.506 e. The number of hydrogen-bond donors (Lipinski definition) is 2. The number of phenols is 1. The van der Waals surface area contributed by atoms with E-state index in [-0.39, 0.29) is 5.75 Å². The Morgan fingerprint density at radius 2 is 2.00 bits per heavy atom. The van der Waals surface area contributed by atoms with Gasteiger partial charge in [-0.1, -0.05) is 12.1 Å². The minimum Gasteiger partial charge on any atom is -0.506 e. The predicted molar refractivity (Wildman–Crippen MR) is 75.1 cm³/mol. The monoisotopic (exact) mass is 356 g/mol. The molecule has 2 N–H and O–H groups in total. The molecule has 0 fully saturated rings. The molecule has 0 saturated carbocycles. The topological polar surface area (TPSA) is 45.1 Å². The highest BCUT2D eigenvalue weighted by Crippen LogP contribution is 2.28. The predicted octanol–water partition coefficient (Wildman–Crippen LogP) is 3.92. The van der Waals surface area contributed by atoms with Crippen molar-refractivity contribution in [3.8, 4) is 5.75 Å². The van der Waals surface area contributed by atoms with Crippen molar-refractivity contribution in [1.82, 2.24) is 4.98 Å². The van der Waals surface area contributed by atoms with Crippen molar-refractivity contribution in [1.29, 1.82) is 0 Å². The maximum atomic E-state index is 9.83. The first-order valence-electron chi connectivity index (χ1n) is 4.99. The third-order valence-corrected chi connectivity index (χ3v) is 3.57. The Balaban J connectivity index is 2.13. The quantitative estimate of drug-likeness (QED) is 0.818. The number of hydrogen-bond acceptors (Lipinski definition) is 3. The van der Waals surface area contributed by atoms with E-state index in [1.165, 1.54) is 0 Å². The molecule has 0 atom stereocenters. The zero-order valence-corrected chi connectivity index (χ0v) is 12.0. The number of aromatic nitrogens is 1. The van der Waals surface area contributed by atoms with Crippen LogP contribution in [0.2, 0.25) is 0 Å². The van der Waals surface area contributed by atoms with Crippen molar-refractivity contribution < 1.29 is 5.11 Å². The SMILES string of the molecule is Oc1c(Br)cccc1CNc1cccnc1Br. The maximum Gasteiger partial charge on any atom is 0.134 e. The van der Waals surface area contributed by atoms with Crippen LogP contribution in [0.3, 0.4) is 0 Å². The number of nitrogens with one attached hydrogen (secondary N) is 1. The van der Waals surface area contributed by atoms with E-state index in [0.29, 0.717) is 11.0 Å². The number of phenolic OH excluding ortho intramolecular Hbond substituents is 1. The van der Waals surface area contributed by atoms with Crippen molar-refractivity contribution in [2.45, 2.75) is 6.54 Å². The summed E-state index contributed by atoms with van der Waals surface area (Å²) in [5.74, 6) is 0.264. The van der Waals surface area contributed by atoms with Crippen molar-refractivity contribution >= 4 is 37.5 Å². The van der Waals surface area contributed by atoms with Crippen molar-refractivity contribution in [2.75, 3.05) is 5.32 Å². The van der Waals surface area contributed by atoms with Gasteiger partial charge in [-0.3, -0.25) is 0 Å². The van der Waals surface area contributed by atoms with E-state index in [4.69, 9.17) is 0 Å². The fourth-order valence-corrected chi connectivity index (χ4v) is 2.21. The van der Waals surface area contributed by atoms with E-state index in [2.05, 4.69) is 42.2 Å². The Morgan fingerprint density at radius 3 is 2.76 bits per heavy atom. The first-order chi connectivity index (χ1) is 8.18. The number of para-hydroxylation sites is 1. The lowest BCUT2D eigenvalue weighted by atomic mass is 10.2. The van der Waals surface area contributed by atoms with Crippen molar-refractivity contribution in [3.05, 3.63) is 51.2 Å². The highest BCUT2D eigenvalue weighted by molar-refractivity contribution is 9.10. The lowest BCUT2D eigenvalue weighted by Gasteiger charge is -2.09. The highest BCUT2D eigenvalue weighted by atomic mass is 79.9. The van der Waals surface area contributed by atoms with Crippen LogP contribution in [0.4, 0.5) is 5.69 Å². The molecule has 0 aliphatic rings. The van der Waals surface area contributed by atoms with Crippen LogP contribution < -0.4 is 5.32 Å². The average Bonchev–Trinajstić information content (AvgIpc) is 2.33. The number of nitrogens with zero attached hydrogens (tertiary/aromatic N) is 1. The molecule has 0 amide bonds. The minimum absolute atomic E-state index is 0.264. The first-order valence-corrected chi connectivity index (χ1v) is 6.58.